The Bertz CT molecular complexity index is 1580. The molecule has 1 saturated heterocycles. The Morgan fingerprint density at radius 2 is 1.76 bits per heavy atom. The fraction of sp³-hybridized carbons (Fsp3) is 0.179. The number of nitrogens with zero attached hydrogens (tertiary/aromatic N) is 3. The maximum atomic E-state index is 13.7. The molecule has 1 fully saturated rings. The molecule has 0 aliphatic carbocycles. The summed E-state index contributed by atoms with van der Waals surface area (Å²) in [6.45, 7) is 8.85. The van der Waals surface area contributed by atoms with Crippen LogP contribution in [-0.2, 0) is 25.1 Å². The molecule has 2 aliphatic rings. The number of hydrogen-bond donors (Lipinski definition) is 1. The lowest BCUT2D eigenvalue weighted by molar-refractivity contribution is -0.112. The van der Waals surface area contributed by atoms with E-state index in [1.807, 2.05) is 30.3 Å². The lowest BCUT2D eigenvalue weighted by Crippen LogP contribution is -2.41. The predicted octanol–water partition coefficient (Wildman–Crippen LogP) is 3.54. The van der Waals surface area contributed by atoms with Gasteiger partial charge in [-0.3, -0.25) is 9.59 Å². The summed E-state index contributed by atoms with van der Waals surface area (Å²) < 4.78 is 34.4. The van der Waals surface area contributed by atoms with Gasteiger partial charge in [-0.15, -0.1) is 0 Å². The summed E-state index contributed by atoms with van der Waals surface area (Å²) in [5, 5.41) is 7.37. The van der Waals surface area contributed by atoms with Crippen LogP contribution in [0.5, 0.6) is 0 Å². The van der Waals surface area contributed by atoms with Crippen molar-refractivity contribution in [2.45, 2.75) is 10.6 Å². The Kier molecular flexibility index (Phi) is 6.83. The van der Waals surface area contributed by atoms with Crippen LogP contribution in [0, 0.1) is 0 Å². The molecular weight excluding hydrogens is 504 g/mol. The van der Waals surface area contributed by atoms with E-state index in [4.69, 9.17) is 4.74 Å². The fourth-order valence-electron chi connectivity index (χ4n) is 4.68. The molecule has 1 aromatic heterocycles. The highest BCUT2D eigenvalue weighted by molar-refractivity contribution is 7.91. The number of rotatable bonds is 6. The van der Waals surface area contributed by atoms with Gasteiger partial charge in [0, 0.05) is 29.8 Å². The van der Waals surface area contributed by atoms with E-state index in [1.54, 1.807) is 21.7 Å². The summed E-state index contributed by atoms with van der Waals surface area (Å²) in [5.74, 6) is -1.29. The van der Waals surface area contributed by atoms with Crippen LogP contribution >= 0.6 is 0 Å². The number of amides is 2. The summed E-state index contributed by atoms with van der Waals surface area (Å²) >= 11 is 0. The molecule has 3 heterocycles. The maximum absolute atomic E-state index is 13.7. The number of ether oxygens (including phenoxy) is 1. The molecule has 0 atom stereocenters. The molecule has 194 valence electrons. The number of nitrogens with one attached hydrogen (secondary N) is 1. The average molecular weight is 531 g/mol. The van der Waals surface area contributed by atoms with Crippen molar-refractivity contribution in [3.63, 3.8) is 0 Å². The monoisotopic (exact) mass is 530 g/mol. The molecule has 1 N–H and O–H groups in total. The highest BCUT2D eigenvalue weighted by Crippen LogP contribution is 2.44. The van der Waals surface area contributed by atoms with Crippen LogP contribution in [0.3, 0.4) is 0 Å². The van der Waals surface area contributed by atoms with E-state index >= 15 is 0 Å². The van der Waals surface area contributed by atoms with Gasteiger partial charge in [-0.25, -0.2) is 13.1 Å². The van der Waals surface area contributed by atoms with E-state index in [-0.39, 0.29) is 27.8 Å². The standard InChI is InChI=1S/C28H26N4O5S/c1-3-9-19(4-2)27(33)29-23-13-8-12-21-25-22(18-38(35,36)26(21)23)24(28(34)31-14-16-37-17-15-31)30-32(25)20-10-6-5-7-11-20/h3-13H,1-2,14-18H2,(H,29,33)/b19-9+. The van der Waals surface area contributed by atoms with Gasteiger partial charge in [0.25, 0.3) is 11.8 Å². The second kappa shape index (κ2) is 10.2. The molecule has 0 unspecified atom stereocenters. The summed E-state index contributed by atoms with van der Waals surface area (Å²) in [5.41, 5.74) is 2.33. The predicted molar refractivity (Wildman–Crippen MR) is 144 cm³/mol. The average Bonchev–Trinajstić information content (AvgIpc) is 3.30. The minimum atomic E-state index is -3.96. The molecule has 2 aliphatic heterocycles. The Balaban J connectivity index is 1.71. The Morgan fingerprint density at radius 1 is 1.03 bits per heavy atom. The van der Waals surface area contributed by atoms with Crippen LogP contribution in [0.15, 0.2) is 90.4 Å². The van der Waals surface area contributed by atoms with E-state index < -0.39 is 21.5 Å². The van der Waals surface area contributed by atoms with Crippen LogP contribution in [0.1, 0.15) is 16.1 Å². The van der Waals surface area contributed by atoms with Crippen molar-refractivity contribution in [2.24, 2.45) is 0 Å². The molecule has 2 aromatic carbocycles. The fourth-order valence-corrected chi connectivity index (χ4v) is 6.44. The highest BCUT2D eigenvalue weighted by Gasteiger charge is 2.39. The number of benzene rings is 2. The number of aromatic nitrogens is 2. The second-order valence-corrected chi connectivity index (χ2v) is 10.7. The van der Waals surface area contributed by atoms with Gasteiger partial charge in [-0.2, -0.15) is 5.10 Å². The van der Waals surface area contributed by atoms with Crippen LogP contribution < -0.4 is 5.32 Å². The molecule has 0 saturated carbocycles. The lowest BCUT2D eigenvalue weighted by Gasteiger charge is -2.27. The molecule has 38 heavy (non-hydrogen) atoms. The first kappa shape index (κ1) is 25.4. The number of sulfone groups is 1. The van der Waals surface area contributed by atoms with Crippen LogP contribution in [0.2, 0.25) is 0 Å². The molecule has 3 aromatic rings. The maximum Gasteiger partial charge on any atom is 0.274 e. The van der Waals surface area contributed by atoms with Gasteiger partial charge in [-0.05, 0) is 18.2 Å². The zero-order valence-electron chi connectivity index (χ0n) is 20.6. The molecule has 0 radical (unpaired) electrons. The number of morpholine rings is 1. The number of para-hydroxylation sites is 1. The minimum Gasteiger partial charge on any atom is -0.378 e. The quantitative estimate of drug-likeness (QED) is 0.386. The molecular formula is C28H26N4O5S. The van der Waals surface area contributed by atoms with E-state index in [9.17, 15) is 18.0 Å². The van der Waals surface area contributed by atoms with Gasteiger partial charge in [-0.1, -0.05) is 61.7 Å². The van der Waals surface area contributed by atoms with Gasteiger partial charge < -0.3 is 15.0 Å². The number of hydrogen-bond acceptors (Lipinski definition) is 6. The molecule has 5 rings (SSSR count). The molecule has 0 bridgehead atoms. The van der Waals surface area contributed by atoms with E-state index in [0.29, 0.717) is 48.8 Å². The second-order valence-electron chi connectivity index (χ2n) is 8.78. The largest absolute Gasteiger partial charge is 0.378 e. The van der Waals surface area contributed by atoms with Gasteiger partial charge in [0.05, 0.1) is 36.0 Å². The molecule has 0 spiro atoms. The van der Waals surface area contributed by atoms with Crippen molar-refractivity contribution in [3.8, 4) is 16.9 Å². The van der Waals surface area contributed by atoms with E-state index in [2.05, 4.69) is 23.6 Å². The van der Waals surface area contributed by atoms with Crippen molar-refractivity contribution in [1.82, 2.24) is 14.7 Å². The topological polar surface area (TPSA) is 111 Å². The van der Waals surface area contributed by atoms with Crippen molar-refractivity contribution in [3.05, 3.63) is 96.7 Å². The number of fused-ring (bicyclic) bond motifs is 3. The SMILES string of the molecule is C=C/C=C(\C=C)C(=O)Nc1cccc2c1S(=O)(=O)Cc1c(C(=O)N3CCOCC3)nn(-c3ccccc3)c1-2. The summed E-state index contributed by atoms with van der Waals surface area (Å²) in [6.07, 6.45) is 4.30. The number of anilines is 1. The number of carbonyl (C=O) groups is 2. The lowest BCUT2D eigenvalue weighted by atomic mass is 10.0. The van der Waals surface area contributed by atoms with Crippen LogP contribution in [0.25, 0.3) is 16.9 Å². The normalized spacial score (nSPS) is 16.2. The smallest absolute Gasteiger partial charge is 0.274 e. The van der Waals surface area contributed by atoms with E-state index in [1.165, 1.54) is 24.3 Å². The van der Waals surface area contributed by atoms with E-state index in [0.717, 1.165) is 0 Å². The summed E-state index contributed by atoms with van der Waals surface area (Å²) in [7, 11) is -3.96. The number of carbonyl (C=O) groups excluding carboxylic acids is 2. The first-order valence-electron chi connectivity index (χ1n) is 12.0. The Hall–Kier alpha value is -4.28. The van der Waals surface area contributed by atoms with Crippen molar-refractivity contribution >= 4 is 27.3 Å². The van der Waals surface area contributed by atoms with Gasteiger partial charge >= 0.3 is 0 Å². The zero-order chi connectivity index (χ0) is 26.9. The first-order chi connectivity index (χ1) is 18.4. The summed E-state index contributed by atoms with van der Waals surface area (Å²) in [6, 6.07) is 14.1. The molecule has 10 heteroatoms. The van der Waals surface area contributed by atoms with Crippen molar-refractivity contribution < 1.29 is 22.7 Å². The van der Waals surface area contributed by atoms with Crippen LogP contribution in [-0.4, -0.2) is 61.2 Å². The minimum absolute atomic E-state index is 0.0229. The third-order valence-corrected chi connectivity index (χ3v) is 8.16. The summed E-state index contributed by atoms with van der Waals surface area (Å²) in [4.78, 5) is 28.0. The van der Waals surface area contributed by atoms with Crippen molar-refractivity contribution in [1.29, 1.82) is 0 Å². The zero-order valence-corrected chi connectivity index (χ0v) is 21.4. The van der Waals surface area contributed by atoms with Crippen LogP contribution in [0.4, 0.5) is 5.69 Å². The Labute approximate surface area is 220 Å². The third kappa shape index (κ3) is 4.48. The van der Waals surface area contributed by atoms with Gasteiger partial charge in [0.15, 0.2) is 15.5 Å². The number of allylic oxidation sites excluding steroid dienone is 2. The first-order valence-corrected chi connectivity index (χ1v) is 13.7. The van der Waals surface area contributed by atoms with Crippen molar-refractivity contribution in [2.75, 3.05) is 31.6 Å². The van der Waals surface area contributed by atoms with Gasteiger partial charge in [0.1, 0.15) is 4.90 Å². The van der Waals surface area contributed by atoms with Gasteiger partial charge in [0.2, 0.25) is 0 Å². The molecule has 9 nitrogen and oxygen atoms in total. The Morgan fingerprint density at radius 3 is 2.45 bits per heavy atom. The highest BCUT2D eigenvalue weighted by atomic mass is 32.2. The molecule has 2 amide bonds. The third-order valence-electron chi connectivity index (χ3n) is 6.43.